The second-order valence-corrected chi connectivity index (χ2v) is 8.93. The maximum absolute atomic E-state index is 14.5. The number of likely N-dealkylation sites (tertiary alicyclic amines) is 2. The van der Waals surface area contributed by atoms with Crippen molar-refractivity contribution in [3.63, 3.8) is 0 Å². The molecule has 0 spiro atoms. The number of benzene rings is 1. The lowest BCUT2D eigenvalue weighted by Gasteiger charge is -2.36. The number of hydrogen-bond acceptors (Lipinski definition) is 6. The van der Waals surface area contributed by atoms with Crippen LogP contribution in [0.2, 0.25) is 0 Å². The summed E-state index contributed by atoms with van der Waals surface area (Å²) >= 11 is 0. The van der Waals surface area contributed by atoms with E-state index in [0.717, 1.165) is 56.5 Å². The summed E-state index contributed by atoms with van der Waals surface area (Å²) in [6.07, 6.45) is 4.56. The van der Waals surface area contributed by atoms with E-state index in [0.29, 0.717) is 36.2 Å². The summed E-state index contributed by atoms with van der Waals surface area (Å²) in [6, 6.07) is 5.53. The molecule has 32 heavy (non-hydrogen) atoms. The molecule has 2 aliphatic rings. The lowest BCUT2D eigenvalue weighted by Crippen LogP contribution is -2.45. The fourth-order valence-electron chi connectivity index (χ4n) is 5.16. The quantitative estimate of drug-likeness (QED) is 0.607. The first-order chi connectivity index (χ1) is 15.5. The molecule has 0 radical (unpaired) electrons. The Morgan fingerprint density at radius 2 is 2.03 bits per heavy atom. The van der Waals surface area contributed by atoms with Gasteiger partial charge in [-0.1, -0.05) is 19.1 Å². The van der Waals surface area contributed by atoms with E-state index < -0.39 is 0 Å². The first-order valence-corrected chi connectivity index (χ1v) is 11.5. The van der Waals surface area contributed by atoms with Crippen LogP contribution in [0, 0.1) is 11.7 Å². The topological polar surface area (TPSA) is 80.3 Å². The Hall–Kier alpha value is -2.81. The van der Waals surface area contributed by atoms with Crippen LogP contribution in [0.25, 0.3) is 16.9 Å². The van der Waals surface area contributed by atoms with Gasteiger partial charge >= 0.3 is 0 Å². The highest BCUT2D eigenvalue weighted by atomic mass is 19.1. The normalized spacial score (nSPS) is 20.5. The summed E-state index contributed by atoms with van der Waals surface area (Å²) < 4.78 is 21.5. The molecule has 1 atom stereocenters. The Labute approximate surface area is 186 Å². The maximum atomic E-state index is 14.5. The summed E-state index contributed by atoms with van der Waals surface area (Å²) in [5.41, 5.74) is 1.20. The number of carbonyl (C=O) groups is 1. The van der Waals surface area contributed by atoms with Gasteiger partial charge in [-0.3, -0.25) is 9.69 Å². The van der Waals surface area contributed by atoms with E-state index in [1.54, 1.807) is 13.0 Å². The van der Waals surface area contributed by atoms with Crippen LogP contribution in [0.1, 0.15) is 44.7 Å². The third-order valence-corrected chi connectivity index (χ3v) is 6.92. The molecule has 2 aliphatic heterocycles. The van der Waals surface area contributed by atoms with Crippen molar-refractivity contribution in [2.45, 2.75) is 52.0 Å². The van der Waals surface area contributed by atoms with Crippen molar-refractivity contribution >= 4 is 16.8 Å². The molecule has 1 amide bonds. The zero-order valence-electron chi connectivity index (χ0n) is 18.6. The Bertz CT molecular complexity index is 1120. The van der Waals surface area contributed by atoms with Gasteiger partial charge in [0.15, 0.2) is 0 Å². The summed E-state index contributed by atoms with van der Waals surface area (Å²) in [5.74, 6) is 1.12. The molecule has 3 aromatic rings. The average Bonchev–Trinajstić information content (AvgIpc) is 3.53. The van der Waals surface area contributed by atoms with Crippen molar-refractivity contribution in [1.29, 1.82) is 0 Å². The van der Waals surface area contributed by atoms with Crippen LogP contribution in [0.15, 0.2) is 22.7 Å². The molecule has 1 aromatic carbocycles. The number of piperidine rings is 1. The van der Waals surface area contributed by atoms with Gasteiger partial charge in [0.1, 0.15) is 11.3 Å². The highest BCUT2D eigenvalue weighted by Crippen LogP contribution is 2.28. The first kappa shape index (κ1) is 21.1. The molecule has 0 bridgehead atoms. The Kier molecular flexibility index (Phi) is 5.67. The van der Waals surface area contributed by atoms with Gasteiger partial charge in [0.25, 0.3) is 5.95 Å². The number of halogens is 1. The number of nitrogens with zero attached hydrogens (tertiary/aromatic N) is 6. The van der Waals surface area contributed by atoms with Gasteiger partial charge in [0.05, 0.1) is 5.69 Å². The molecule has 5 rings (SSSR count). The number of carbonyl (C=O) groups excluding carboxylic acids is 1. The SMILES string of the molecule is CCc1nn(-c2noc(C[C@@H]3CCN(C4CCN(C(C)=O)CC4)C3)n2)c2c(F)cccc12. The lowest BCUT2D eigenvalue weighted by atomic mass is 10.0. The summed E-state index contributed by atoms with van der Waals surface area (Å²) in [7, 11) is 0. The third kappa shape index (κ3) is 3.90. The minimum Gasteiger partial charge on any atom is -0.343 e. The number of rotatable bonds is 5. The van der Waals surface area contributed by atoms with E-state index in [2.05, 4.69) is 20.1 Å². The Balaban J connectivity index is 1.25. The van der Waals surface area contributed by atoms with E-state index >= 15 is 0 Å². The second kappa shape index (κ2) is 8.61. The monoisotopic (exact) mass is 440 g/mol. The van der Waals surface area contributed by atoms with Crippen molar-refractivity contribution < 1.29 is 13.7 Å². The molecule has 0 aliphatic carbocycles. The van der Waals surface area contributed by atoms with Crippen LogP contribution >= 0.6 is 0 Å². The average molecular weight is 441 g/mol. The standard InChI is InChI=1S/C23H29FN6O2/c1-3-20-18-5-4-6-19(24)22(18)30(26-20)23-25-21(32-27-23)13-16-7-10-29(14-16)17-8-11-28(12-9-17)15(2)31/h4-6,16-17H,3,7-14H2,1-2H3/t16-/m0/s1. The largest absolute Gasteiger partial charge is 0.343 e. The maximum Gasteiger partial charge on any atom is 0.291 e. The summed E-state index contributed by atoms with van der Waals surface area (Å²) in [6.45, 7) is 7.40. The molecule has 2 fully saturated rings. The molecule has 9 heteroatoms. The van der Waals surface area contributed by atoms with Crippen molar-refractivity contribution in [3.8, 4) is 5.95 Å². The van der Waals surface area contributed by atoms with Crippen LogP contribution < -0.4 is 0 Å². The number of fused-ring (bicyclic) bond motifs is 1. The van der Waals surface area contributed by atoms with Gasteiger partial charge in [-0.05, 0) is 49.4 Å². The summed E-state index contributed by atoms with van der Waals surface area (Å²) in [5, 5.41) is 9.41. The predicted octanol–water partition coefficient (Wildman–Crippen LogP) is 2.99. The molecule has 4 heterocycles. The molecule has 0 unspecified atom stereocenters. The lowest BCUT2D eigenvalue weighted by molar-refractivity contribution is -0.130. The molecule has 2 aromatic heterocycles. The van der Waals surface area contributed by atoms with Gasteiger partial charge in [-0.2, -0.15) is 14.8 Å². The third-order valence-electron chi connectivity index (χ3n) is 6.92. The smallest absolute Gasteiger partial charge is 0.291 e. The molecule has 8 nitrogen and oxygen atoms in total. The van der Waals surface area contributed by atoms with Crippen LogP contribution in [-0.2, 0) is 17.6 Å². The molecular formula is C23H29FN6O2. The van der Waals surface area contributed by atoms with E-state index in [9.17, 15) is 9.18 Å². The number of para-hydroxylation sites is 1. The molecular weight excluding hydrogens is 411 g/mol. The van der Waals surface area contributed by atoms with Gasteiger partial charge in [-0.25, -0.2) is 4.39 Å². The van der Waals surface area contributed by atoms with Gasteiger partial charge in [-0.15, -0.1) is 0 Å². The molecule has 0 saturated carbocycles. The number of amides is 1. The van der Waals surface area contributed by atoms with E-state index in [1.165, 1.54) is 10.7 Å². The van der Waals surface area contributed by atoms with Crippen LogP contribution in [0.5, 0.6) is 0 Å². The minimum absolute atomic E-state index is 0.172. The predicted molar refractivity (Wildman–Crippen MR) is 117 cm³/mol. The summed E-state index contributed by atoms with van der Waals surface area (Å²) in [4.78, 5) is 20.6. The first-order valence-electron chi connectivity index (χ1n) is 11.5. The number of hydrogen-bond donors (Lipinski definition) is 0. The van der Waals surface area contributed by atoms with Gasteiger partial charge in [0, 0.05) is 44.4 Å². The Morgan fingerprint density at radius 1 is 1.22 bits per heavy atom. The zero-order valence-corrected chi connectivity index (χ0v) is 18.6. The van der Waals surface area contributed by atoms with E-state index in [-0.39, 0.29) is 17.7 Å². The molecule has 0 N–H and O–H groups in total. The van der Waals surface area contributed by atoms with Gasteiger partial charge < -0.3 is 9.42 Å². The van der Waals surface area contributed by atoms with E-state index in [1.807, 2.05) is 17.9 Å². The highest BCUT2D eigenvalue weighted by Gasteiger charge is 2.32. The fourth-order valence-corrected chi connectivity index (χ4v) is 5.16. The van der Waals surface area contributed by atoms with Crippen LogP contribution in [-0.4, -0.2) is 67.8 Å². The Morgan fingerprint density at radius 3 is 2.78 bits per heavy atom. The van der Waals surface area contributed by atoms with Crippen LogP contribution in [0.3, 0.4) is 0 Å². The van der Waals surface area contributed by atoms with Crippen LogP contribution in [0.4, 0.5) is 4.39 Å². The number of aromatic nitrogens is 4. The second-order valence-electron chi connectivity index (χ2n) is 8.93. The van der Waals surface area contributed by atoms with Gasteiger partial charge in [0.2, 0.25) is 11.8 Å². The van der Waals surface area contributed by atoms with Crippen molar-refractivity contribution in [2.24, 2.45) is 5.92 Å². The zero-order chi connectivity index (χ0) is 22.2. The van der Waals surface area contributed by atoms with Crippen molar-refractivity contribution in [3.05, 3.63) is 35.6 Å². The number of aryl methyl sites for hydroxylation is 1. The van der Waals surface area contributed by atoms with E-state index in [4.69, 9.17) is 4.52 Å². The fraction of sp³-hybridized carbons (Fsp3) is 0.565. The molecule has 2 saturated heterocycles. The minimum atomic E-state index is -0.344. The van der Waals surface area contributed by atoms with Crippen molar-refractivity contribution in [1.82, 2.24) is 29.7 Å². The molecule has 170 valence electrons. The van der Waals surface area contributed by atoms with Crippen molar-refractivity contribution in [2.75, 3.05) is 26.2 Å². The highest BCUT2D eigenvalue weighted by molar-refractivity contribution is 5.83.